The third kappa shape index (κ3) is 5.69. The molecule has 1 aromatic heterocycles. The van der Waals surface area contributed by atoms with Gasteiger partial charge < -0.3 is 15.4 Å². The van der Waals surface area contributed by atoms with Crippen LogP contribution in [0.4, 0.5) is 5.69 Å². The van der Waals surface area contributed by atoms with Crippen LogP contribution in [0.2, 0.25) is 0 Å². The van der Waals surface area contributed by atoms with Gasteiger partial charge >= 0.3 is 0 Å². The molecule has 2 aromatic rings. The number of amides is 2. The molecule has 7 nitrogen and oxygen atoms in total. The van der Waals surface area contributed by atoms with Gasteiger partial charge in [-0.05, 0) is 71.2 Å². The van der Waals surface area contributed by atoms with Crippen molar-refractivity contribution in [2.45, 2.75) is 58.4 Å². The Morgan fingerprint density at radius 3 is 2.63 bits per heavy atom. The van der Waals surface area contributed by atoms with E-state index in [2.05, 4.69) is 15.7 Å². The summed E-state index contributed by atoms with van der Waals surface area (Å²) >= 11 is 0. The number of ether oxygens (including phenoxy) is 1. The molecular weight excluding hydrogens is 380 g/mol. The lowest BCUT2D eigenvalue weighted by Crippen LogP contribution is -2.29. The zero-order chi connectivity index (χ0) is 21.7. The van der Waals surface area contributed by atoms with Crippen molar-refractivity contribution in [3.05, 3.63) is 47.3 Å². The summed E-state index contributed by atoms with van der Waals surface area (Å²) < 4.78 is 7.07. The lowest BCUT2D eigenvalue weighted by Gasteiger charge is -2.22. The van der Waals surface area contributed by atoms with Gasteiger partial charge in [-0.1, -0.05) is 6.07 Å². The van der Waals surface area contributed by atoms with Gasteiger partial charge in [0.2, 0.25) is 0 Å². The third-order valence-electron chi connectivity index (χ3n) is 4.93. The molecule has 1 saturated carbocycles. The number of hydrogen-bond acceptors (Lipinski definition) is 4. The largest absolute Gasteiger partial charge is 0.382 e. The molecule has 2 N–H and O–H groups in total. The van der Waals surface area contributed by atoms with Crippen molar-refractivity contribution in [1.82, 2.24) is 15.1 Å². The first-order valence-electron chi connectivity index (χ1n) is 10.7. The van der Waals surface area contributed by atoms with Gasteiger partial charge in [0.05, 0.1) is 11.2 Å². The summed E-state index contributed by atoms with van der Waals surface area (Å²) in [6, 6.07) is 8.87. The normalized spacial score (nSPS) is 13.9. The molecule has 30 heavy (non-hydrogen) atoms. The number of nitrogens with zero attached hydrogens (tertiary/aromatic N) is 2. The van der Waals surface area contributed by atoms with Gasteiger partial charge in [-0.25, -0.2) is 0 Å². The van der Waals surface area contributed by atoms with Crippen LogP contribution in [0.1, 0.15) is 79.4 Å². The highest BCUT2D eigenvalue weighted by molar-refractivity contribution is 6.04. The number of nitrogens with one attached hydrogen (secondary N) is 2. The van der Waals surface area contributed by atoms with E-state index in [0.717, 1.165) is 25.0 Å². The molecule has 3 rings (SSSR count). The van der Waals surface area contributed by atoms with Crippen LogP contribution in [0, 0.1) is 0 Å². The van der Waals surface area contributed by atoms with Crippen molar-refractivity contribution in [3.8, 4) is 0 Å². The first-order valence-corrected chi connectivity index (χ1v) is 10.7. The second kappa shape index (κ2) is 9.43. The SMILES string of the molecule is CCOCCCNC(=O)c1cccc(NC(=O)c2cc(C3CC3)nn2C(C)(C)C)c1. The Morgan fingerprint density at radius 1 is 1.20 bits per heavy atom. The van der Waals surface area contributed by atoms with Gasteiger partial charge in [-0.2, -0.15) is 5.10 Å². The summed E-state index contributed by atoms with van der Waals surface area (Å²) in [5.74, 6) is 0.0758. The summed E-state index contributed by atoms with van der Waals surface area (Å²) in [6.45, 7) is 9.88. The van der Waals surface area contributed by atoms with Crippen molar-refractivity contribution in [3.63, 3.8) is 0 Å². The number of anilines is 1. The van der Waals surface area contributed by atoms with Crippen LogP contribution in [0.25, 0.3) is 0 Å². The number of aromatic nitrogens is 2. The van der Waals surface area contributed by atoms with Crippen LogP contribution in [0.15, 0.2) is 30.3 Å². The Balaban J connectivity index is 1.67. The van der Waals surface area contributed by atoms with Gasteiger partial charge in [-0.3, -0.25) is 14.3 Å². The molecule has 1 heterocycles. The Hall–Kier alpha value is -2.67. The zero-order valence-corrected chi connectivity index (χ0v) is 18.3. The van der Waals surface area contributed by atoms with Crippen molar-refractivity contribution in [2.24, 2.45) is 0 Å². The molecule has 1 fully saturated rings. The fourth-order valence-electron chi connectivity index (χ4n) is 3.21. The van der Waals surface area contributed by atoms with Gasteiger partial charge in [0, 0.05) is 36.9 Å². The minimum Gasteiger partial charge on any atom is -0.382 e. The summed E-state index contributed by atoms with van der Waals surface area (Å²) in [7, 11) is 0. The van der Waals surface area contributed by atoms with Crippen LogP contribution < -0.4 is 10.6 Å². The number of rotatable bonds is 9. The molecule has 0 aliphatic heterocycles. The Bertz CT molecular complexity index is 894. The van der Waals surface area contributed by atoms with Crippen molar-refractivity contribution >= 4 is 17.5 Å². The Morgan fingerprint density at radius 2 is 1.97 bits per heavy atom. The van der Waals surface area contributed by atoms with Crippen LogP contribution in [-0.4, -0.2) is 41.4 Å². The molecule has 1 aliphatic rings. The predicted octanol–water partition coefficient (Wildman–Crippen LogP) is 3.92. The maximum atomic E-state index is 13.0. The second-order valence-corrected chi connectivity index (χ2v) is 8.65. The van der Waals surface area contributed by atoms with E-state index in [9.17, 15) is 9.59 Å². The summed E-state index contributed by atoms with van der Waals surface area (Å²) in [6.07, 6.45) is 3.02. The maximum Gasteiger partial charge on any atom is 0.273 e. The van der Waals surface area contributed by atoms with E-state index in [0.29, 0.717) is 42.6 Å². The highest BCUT2D eigenvalue weighted by atomic mass is 16.5. The fraction of sp³-hybridized carbons (Fsp3) is 0.522. The maximum absolute atomic E-state index is 13.0. The highest BCUT2D eigenvalue weighted by Gasteiger charge is 2.31. The molecule has 0 unspecified atom stereocenters. The van der Waals surface area contributed by atoms with E-state index in [1.54, 1.807) is 28.9 Å². The smallest absolute Gasteiger partial charge is 0.273 e. The summed E-state index contributed by atoms with van der Waals surface area (Å²) in [5.41, 5.74) is 2.30. The topological polar surface area (TPSA) is 85.2 Å². The average Bonchev–Trinajstić information content (AvgIpc) is 3.44. The van der Waals surface area contributed by atoms with Gasteiger partial charge in [0.15, 0.2) is 0 Å². The molecule has 7 heteroatoms. The first-order chi connectivity index (χ1) is 14.3. The minimum absolute atomic E-state index is 0.168. The fourth-order valence-corrected chi connectivity index (χ4v) is 3.21. The van der Waals surface area contributed by atoms with Gasteiger partial charge in [-0.15, -0.1) is 0 Å². The molecular formula is C23H32N4O3. The predicted molar refractivity (Wildman–Crippen MR) is 117 cm³/mol. The van der Waals surface area contributed by atoms with Crippen LogP contribution in [0.5, 0.6) is 0 Å². The van der Waals surface area contributed by atoms with Crippen molar-refractivity contribution in [1.29, 1.82) is 0 Å². The molecule has 2 amide bonds. The third-order valence-corrected chi connectivity index (χ3v) is 4.93. The van der Waals surface area contributed by atoms with Gasteiger partial charge in [0.1, 0.15) is 5.69 Å². The molecule has 1 aliphatic carbocycles. The Kier molecular flexibility index (Phi) is 6.92. The molecule has 0 atom stereocenters. The standard InChI is InChI=1S/C23H32N4O3/c1-5-30-13-7-12-24-21(28)17-8-6-9-18(14-17)25-22(29)20-15-19(16-10-11-16)26-27(20)23(2,3)4/h6,8-9,14-16H,5,7,10-13H2,1-4H3,(H,24,28)(H,25,29). The van der Waals surface area contributed by atoms with E-state index < -0.39 is 0 Å². The number of benzene rings is 1. The number of hydrogen-bond donors (Lipinski definition) is 2. The molecule has 0 bridgehead atoms. The highest BCUT2D eigenvalue weighted by Crippen LogP contribution is 2.40. The van der Waals surface area contributed by atoms with E-state index in [-0.39, 0.29) is 17.4 Å². The van der Waals surface area contributed by atoms with Crippen LogP contribution in [-0.2, 0) is 10.3 Å². The summed E-state index contributed by atoms with van der Waals surface area (Å²) in [4.78, 5) is 25.4. The number of carbonyl (C=O) groups excluding carboxylic acids is 2. The average molecular weight is 413 g/mol. The minimum atomic E-state index is -0.303. The van der Waals surface area contributed by atoms with E-state index in [1.807, 2.05) is 33.8 Å². The van der Waals surface area contributed by atoms with Crippen LogP contribution >= 0.6 is 0 Å². The monoisotopic (exact) mass is 412 g/mol. The lowest BCUT2D eigenvalue weighted by atomic mass is 10.1. The molecule has 0 radical (unpaired) electrons. The summed E-state index contributed by atoms with van der Waals surface area (Å²) in [5, 5.41) is 10.5. The van der Waals surface area contributed by atoms with E-state index >= 15 is 0 Å². The van der Waals surface area contributed by atoms with E-state index in [4.69, 9.17) is 4.74 Å². The Labute approximate surface area is 178 Å². The zero-order valence-electron chi connectivity index (χ0n) is 18.3. The molecule has 1 aromatic carbocycles. The molecule has 0 spiro atoms. The number of carbonyl (C=O) groups is 2. The second-order valence-electron chi connectivity index (χ2n) is 8.65. The molecule has 162 valence electrons. The lowest BCUT2D eigenvalue weighted by molar-refractivity contribution is 0.0942. The van der Waals surface area contributed by atoms with Gasteiger partial charge in [0.25, 0.3) is 11.8 Å². The molecule has 0 saturated heterocycles. The van der Waals surface area contributed by atoms with Crippen LogP contribution in [0.3, 0.4) is 0 Å². The quantitative estimate of drug-likeness (QED) is 0.611. The first kappa shape index (κ1) is 22.0. The van der Waals surface area contributed by atoms with Crippen molar-refractivity contribution in [2.75, 3.05) is 25.1 Å². The van der Waals surface area contributed by atoms with Crippen molar-refractivity contribution < 1.29 is 14.3 Å². The van der Waals surface area contributed by atoms with E-state index in [1.165, 1.54) is 0 Å².